The van der Waals surface area contributed by atoms with Crippen LogP contribution >= 0.6 is 0 Å². The van der Waals surface area contributed by atoms with E-state index in [-0.39, 0.29) is 5.97 Å². The SMILES string of the molecule is C=CCCCCCCCC(=O)O.C=CCCCCCCCC(=O)OCCOC.CO. The molecule has 30 heavy (non-hydrogen) atoms. The van der Waals surface area contributed by atoms with E-state index < -0.39 is 5.97 Å². The number of carbonyl (C=O) groups is 2. The molecule has 0 aromatic carbocycles. The molecule has 0 aromatic rings. The van der Waals surface area contributed by atoms with E-state index in [2.05, 4.69) is 13.2 Å². The van der Waals surface area contributed by atoms with Gasteiger partial charge >= 0.3 is 11.9 Å². The second-order valence-electron chi connectivity index (χ2n) is 6.80. The molecule has 0 saturated heterocycles. The summed E-state index contributed by atoms with van der Waals surface area (Å²) in [5.74, 6) is -0.788. The lowest BCUT2D eigenvalue weighted by molar-refractivity contribution is -0.145. The molecule has 0 saturated carbocycles. The number of aliphatic hydroxyl groups is 1. The van der Waals surface area contributed by atoms with Crippen molar-refractivity contribution in [2.24, 2.45) is 0 Å². The maximum Gasteiger partial charge on any atom is 0.305 e. The molecule has 6 nitrogen and oxygen atoms in total. The number of aliphatic hydroxyl groups excluding tert-OH is 1. The Balaban J connectivity index is -0.000000464. The number of esters is 1. The van der Waals surface area contributed by atoms with Gasteiger partial charge in [-0.15, -0.1) is 13.2 Å². The lowest BCUT2D eigenvalue weighted by atomic mass is 10.1. The molecule has 0 aliphatic heterocycles. The molecular weight excluding hydrogens is 384 g/mol. The van der Waals surface area contributed by atoms with Crippen molar-refractivity contribution < 1.29 is 29.3 Å². The predicted octanol–water partition coefficient (Wildman–Crippen LogP) is 5.69. The molecule has 0 bridgehead atoms. The third-order valence-electron chi connectivity index (χ3n) is 4.14. The Labute approximate surface area is 184 Å². The summed E-state index contributed by atoms with van der Waals surface area (Å²) in [7, 11) is 2.59. The molecule has 0 aliphatic rings. The Morgan fingerprint density at radius 2 is 1.17 bits per heavy atom. The second kappa shape index (κ2) is 32.0. The molecule has 178 valence electrons. The first-order valence-electron chi connectivity index (χ1n) is 11.1. The fourth-order valence-electron chi connectivity index (χ4n) is 2.49. The third-order valence-corrected chi connectivity index (χ3v) is 4.14. The van der Waals surface area contributed by atoms with Gasteiger partial charge in [0.05, 0.1) is 6.61 Å². The molecule has 0 spiro atoms. The zero-order chi connectivity index (χ0) is 23.3. The largest absolute Gasteiger partial charge is 0.481 e. The lowest BCUT2D eigenvalue weighted by Crippen LogP contribution is -2.09. The van der Waals surface area contributed by atoms with E-state index in [9.17, 15) is 9.59 Å². The number of carboxylic acids is 1. The highest BCUT2D eigenvalue weighted by Crippen LogP contribution is 2.08. The summed E-state index contributed by atoms with van der Waals surface area (Å²) in [5.41, 5.74) is 0. The molecule has 0 fully saturated rings. The number of carboxylic acid groups (broad SMARTS) is 1. The first-order chi connectivity index (χ1) is 14.6. The number of rotatable bonds is 19. The smallest absolute Gasteiger partial charge is 0.305 e. The normalized spacial score (nSPS) is 9.43. The van der Waals surface area contributed by atoms with Gasteiger partial charge in [-0.05, 0) is 38.5 Å². The first-order valence-corrected chi connectivity index (χ1v) is 11.1. The molecule has 0 aromatic heterocycles. The fraction of sp³-hybridized carbons (Fsp3) is 0.750. The molecule has 0 unspecified atom stereocenters. The van der Waals surface area contributed by atoms with Crippen LogP contribution in [0, 0.1) is 0 Å². The van der Waals surface area contributed by atoms with Crippen molar-refractivity contribution in [1.82, 2.24) is 0 Å². The molecular formula is C24H46O6. The van der Waals surface area contributed by atoms with E-state index in [4.69, 9.17) is 19.7 Å². The quantitative estimate of drug-likeness (QED) is 0.155. The fourth-order valence-corrected chi connectivity index (χ4v) is 2.49. The molecule has 6 heteroatoms. The van der Waals surface area contributed by atoms with Crippen molar-refractivity contribution in [1.29, 1.82) is 0 Å². The summed E-state index contributed by atoms with van der Waals surface area (Å²) in [6.45, 7) is 8.17. The van der Waals surface area contributed by atoms with Crippen LogP contribution in [0.5, 0.6) is 0 Å². The number of methoxy groups -OCH3 is 1. The van der Waals surface area contributed by atoms with E-state index in [0.717, 1.165) is 52.1 Å². The zero-order valence-corrected chi connectivity index (χ0v) is 19.4. The average molecular weight is 431 g/mol. The highest BCUT2D eigenvalue weighted by atomic mass is 16.6. The maximum atomic E-state index is 11.2. The molecule has 0 amide bonds. The lowest BCUT2D eigenvalue weighted by Gasteiger charge is -2.03. The topological polar surface area (TPSA) is 93.1 Å². The third kappa shape index (κ3) is 37.1. The number of hydrogen-bond acceptors (Lipinski definition) is 5. The Morgan fingerprint density at radius 3 is 1.60 bits per heavy atom. The second-order valence-corrected chi connectivity index (χ2v) is 6.80. The van der Waals surface area contributed by atoms with Crippen molar-refractivity contribution in [2.45, 2.75) is 89.9 Å². The molecule has 2 N–H and O–H groups in total. The summed E-state index contributed by atoms with van der Waals surface area (Å²) >= 11 is 0. The number of carbonyl (C=O) groups excluding carboxylic acids is 1. The van der Waals surface area contributed by atoms with Crippen molar-refractivity contribution in [2.75, 3.05) is 27.4 Å². The minimum absolute atomic E-state index is 0.108. The van der Waals surface area contributed by atoms with Gasteiger partial charge in [-0.2, -0.15) is 0 Å². The molecule has 0 atom stereocenters. The summed E-state index contributed by atoms with van der Waals surface area (Å²) in [6, 6.07) is 0. The van der Waals surface area contributed by atoms with Crippen molar-refractivity contribution in [3.05, 3.63) is 25.3 Å². The highest BCUT2D eigenvalue weighted by Gasteiger charge is 2.01. The van der Waals surface area contributed by atoms with Gasteiger partial charge in [0.2, 0.25) is 0 Å². The monoisotopic (exact) mass is 430 g/mol. The van der Waals surface area contributed by atoms with Gasteiger partial charge in [0, 0.05) is 27.1 Å². The van der Waals surface area contributed by atoms with Gasteiger partial charge in [0.25, 0.3) is 0 Å². The van der Waals surface area contributed by atoms with Gasteiger partial charge in [0.15, 0.2) is 0 Å². The van der Waals surface area contributed by atoms with Gasteiger partial charge < -0.3 is 19.7 Å². The highest BCUT2D eigenvalue weighted by molar-refractivity contribution is 5.69. The summed E-state index contributed by atoms with van der Waals surface area (Å²) < 4.78 is 9.74. The van der Waals surface area contributed by atoms with Crippen LogP contribution in [0.1, 0.15) is 89.9 Å². The minimum atomic E-state index is -0.680. The molecule has 0 aliphatic carbocycles. The van der Waals surface area contributed by atoms with Crippen LogP contribution in [0.3, 0.4) is 0 Å². The van der Waals surface area contributed by atoms with E-state index in [0.29, 0.717) is 26.1 Å². The van der Waals surface area contributed by atoms with Crippen LogP contribution < -0.4 is 0 Å². The van der Waals surface area contributed by atoms with Crippen LogP contribution in [0.15, 0.2) is 25.3 Å². The Kier molecular flexibility index (Phi) is 35.2. The number of unbranched alkanes of at least 4 members (excludes halogenated alkanes) is 10. The van der Waals surface area contributed by atoms with Crippen LogP contribution in [0.2, 0.25) is 0 Å². The van der Waals surface area contributed by atoms with Crippen molar-refractivity contribution in [3.63, 3.8) is 0 Å². The summed E-state index contributed by atoms with van der Waals surface area (Å²) in [4.78, 5) is 21.3. The van der Waals surface area contributed by atoms with Gasteiger partial charge in [-0.1, -0.05) is 50.7 Å². The van der Waals surface area contributed by atoms with E-state index in [1.165, 1.54) is 32.1 Å². The number of aliphatic carboxylic acids is 1. The van der Waals surface area contributed by atoms with Crippen LogP contribution in [-0.4, -0.2) is 49.6 Å². The minimum Gasteiger partial charge on any atom is -0.481 e. The number of hydrogen-bond donors (Lipinski definition) is 2. The average Bonchev–Trinajstić information content (AvgIpc) is 2.74. The Bertz CT molecular complexity index is 382. The summed E-state index contributed by atoms with van der Waals surface area (Å²) in [6.07, 6.45) is 18.0. The Hall–Kier alpha value is -1.66. The van der Waals surface area contributed by atoms with Crippen LogP contribution in [0.4, 0.5) is 0 Å². The van der Waals surface area contributed by atoms with E-state index in [1.54, 1.807) is 7.11 Å². The standard InChI is InChI=1S/C13H24O3.C10H18O2.CH4O/c1-3-4-5-6-7-8-9-10-13(14)16-12-11-15-2;1-2-3-4-5-6-7-8-9-10(11)12;1-2/h3H,1,4-12H2,2H3;2H,1,3-9H2,(H,11,12);2H,1H3. The first kappa shape index (κ1) is 33.0. The predicted molar refractivity (Wildman–Crippen MR) is 124 cm³/mol. The van der Waals surface area contributed by atoms with Crippen molar-refractivity contribution in [3.8, 4) is 0 Å². The molecule has 0 radical (unpaired) electrons. The van der Waals surface area contributed by atoms with Crippen LogP contribution in [-0.2, 0) is 19.1 Å². The summed E-state index contributed by atoms with van der Waals surface area (Å²) in [5, 5.41) is 15.3. The zero-order valence-electron chi connectivity index (χ0n) is 19.4. The van der Waals surface area contributed by atoms with E-state index >= 15 is 0 Å². The van der Waals surface area contributed by atoms with Gasteiger partial charge in [-0.3, -0.25) is 9.59 Å². The van der Waals surface area contributed by atoms with Gasteiger partial charge in [0.1, 0.15) is 6.61 Å². The van der Waals surface area contributed by atoms with Gasteiger partial charge in [-0.25, -0.2) is 0 Å². The molecule has 0 heterocycles. The maximum absolute atomic E-state index is 11.2. The van der Waals surface area contributed by atoms with E-state index in [1.807, 2.05) is 12.2 Å². The van der Waals surface area contributed by atoms with Crippen molar-refractivity contribution >= 4 is 11.9 Å². The van der Waals surface area contributed by atoms with Crippen LogP contribution in [0.25, 0.3) is 0 Å². The number of ether oxygens (including phenoxy) is 2. The number of allylic oxidation sites excluding steroid dienone is 2. The Morgan fingerprint density at radius 1 is 0.733 bits per heavy atom. The molecule has 0 rings (SSSR count).